The SMILES string of the molecule is COc1ccc(C2C[C@H]2OC=O)cc1C. The maximum Gasteiger partial charge on any atom is 0.293 e. The molecule has 1 fully saturated rings. The number of carbonyl (C=O) groups is 1. The molecule has 0 aromatic heterocycles. The first-order chi connectivity index (χ1) is 7.26. The standard InChI is InChI=1S/C12H14O3/c1-8-5-9(3-4-11(8)14-2)10-6-12(10)15-7-13/h3-5,7,10,12H,6H2,1-2H3/t10?,12-/m1/s1. The second-order valence-corrected chi connectivity index (χ2v) is 3.84. The molecule has 1 saturated carbocycles. The Kier molecular flexibility index (Phi) is 2.62. The summed E-state index contributed by atoms with van der Waals surface area (Å²) in [4.78, 5) is 10.2. The summed E-state index contributed by atoms with van der Waals surface area (Å²) in [7, 11) is 1.66. The predicted molar refractivity (Wildman–Crippen MR) is 56.0 cm³/mol. The molecule has 80 valence electrons. The molecular formula is C12H14O3. The topological polar surface area (TPSA) is 35.5 Å². The molecule has 0 bridgehead atoms. The van der Waals surface area contributed by atoms with Gasteiger partial charge in [-0.1, -0.05) is 12.1 Å². The van der Waals surface area contributed by atoms with Gasteiger partial charge in [-0.2, -0.15) is 0 Å². The lowest BCUT2D eigenvalue weighted by atomic mass is 10.1. The fourth-order valence-electron chi connectivity index (χ4n) is 1.88. The summed E-state index contributed by atoms with van der Waals surface area (Å²) in [5.41, 5.74) is 2.34. The zero-order valence-electron chi connectivity index (χ0n) is 8.90. The van der Waals surface area contributed by atoms with Crippen molar-refractivity contribution in [3.05, 3.63) is 29.3 Å². The largest absolute Gasteiger partial charge is 0.496 e. The van der Waals surface area contributed by atoms with Crippen molar-refractivity contribution in [2.24, 2.45) is 0 Å². The average Bonchev–Trinajstić information content (AvgIpc) is 2.98. The van der Waals surface area contributed by atoms with Crippen molar-refractivity contribution in [3.63, 3.8) is 0 Å². The second-order valence-electron chi connectivity index (χ2n) is 3.84. The first kappa shape index (κ1) is 10.0. The van der Waals surface area contributed by atoms with Crippen molar-refractivity contribution in [1.82, 2.24) is 0 Å². The zero-order valence-corrected chi connectivity index (χ0v) is 8.90. The third-order valence-corrected chi connectivity index (χ3v) is 2.81. The number of ether oxygens (including phenoxy) is 2. The number of hydrogen-bond acceptors (Lipinski definition) is 3. The molecule has 2 atom stereocenters. The molecule has 1 unspecified atom stereocenters. The van der Waals surface area contributed by atoms with Gasteiger partial charge in [0.1, 0.15) is 11.9 Å². The number of carbonyl (C=O) groups excluding carboxylic acids is 1. The lowest BCUT2D eigenvalue weighted by Gasteiger charge is -2.06. The highest BCUT2D eigenvalue weighted by atomic mass is 16.5. The van der Waals surface area contributed by atoms with E-state index in [0.717, 1.165) is 17.7 Å². The van der Waals surface area contributed by atoms with Crippen LogP contribution in [0.4, 0.5) is 0 Å². The number of rotatable bonds is 4. The molecule has 15 heavy (non-hydrogen) atoms. The van der Waals surface area contributed by atoms with Crippen LogP contribution in [-0.2, 0) is 9.53 Å². The van der Waals surface area contributed by atoms with Gasteiger partial charge in [0, 0.05) is 5.92 Å². The molecule has 1 aromatic carbocycles. The van der Waals surface area contributed by atoms with Gasteiger partial charge in [0.05, 0.1) is 7.11 Å². The molecule has 0 heterocycles. The van der Waals surface area contributed by atoms with E-state index in [1.54, 1.807) is 7.11 Å². The van der Waals surface area contributed by atoms with Crippen LogP contribution >= 0.6 is 0 Å². The molecule has 0 saturated heterocycles. The van der Waals surface area contributed by atoms with Crippen molar-refractivity contribution < 1.29 is 14.3 Å². The summed E-state index contributed by atoms with van der Waals surface area (Å²) < 4.78 is 10.1. The maximum atomic E-state index is 10.2. The Hall–Kier alpha value is -1.51. The van der Waals surface area contributed by atoms with Crippen LogP contribution in [0.25, 0.3) is 0 Å². The molecule has 3 nitrogen and oxygen atoms in total. The van der Waals surface area contributed by atoms with Gasteiger partial charge in [-0.25, -0.2) is 0 Å². The highest BCUT2D eigenvalue weighted by Crippen LogP contribution is 2.43. The molecular weight excluding hydrogens is 192 g/mol. The monoisotopic (exact) mass is 206 g/mol. The van der Waals surface area contributed by atoms with E-state index >= 15 is 0 Å². The highest BCUT2D eigenvalue weighted by molar-refractivity contribution is 5.42. The quantitative estimate of drug-likeness (QED) is 0.707. The van der Waals surface area contributed by atoms with Crippen LogP contribution in [0, 0.1) is 6.92 Å². The first-order valence-electron chi connectivity index (χ1n) is 5.00. The lowest BCUT2D eigenvalue weighted by molar-refractivity contribution is -0.129. The van der Waals surface area contributed by atoms with E-state index in [1.165, 1.54) is 5.56 Å². The summed E-state index contributed by atoms with van der Waals surface area (Å²) in [6.45, 7) is 2.54. The molecule has 0 radical (unpaired) electrons. The Labute approximate surface area is 89.0 Å². The van der Waals surface area contributed by atoms with Gasteiger partial charge in [-0.3, -0.25) is 4.79 Å². The van der Waals surface area contributed by atoms with Crippen LogP contribution in [-0.4, -0.2) is 19.7 Å². The van der Waals surface area contributed by atoms with Crippen LogP contribution < -0.4 is 4.74 Å². The third-order valence-electron chi connectivity index (χ3n) is 2.81. The normalized spacial score (nSPS) is 23.3. The van der Waals surface area contributed by atoms with E-state index in [1.807, 2.05) is 19.1 Å². The highest BCUT2D eigenvalue weighted by Gasteiger charge is 2.40. The molecule has 0 aliphatic heterocycles. The van der Waals surface area contributed by atoms with Crippen molar-refractivity contribution in [1.29, 1.82) is 0 Å². The fraction of sp³-hybridized carbons (Fsp3) is 0.417. The second kappa shape index (κ2) is 3.93. The molecule has 0 N–H and O–H groups in total. The van der Waals surface area contributed by atoms with Gasteiger partial charge in [-0.15, -0.1) is 0 Å². The van der Waals surface area contributed by atoms with Gasteiger partial charge in [0.25, 0.3) is 6.47 Å². The van der Waals surface area contributed by atoms with Crippen LogP contribution in [0.5, 0.6) is 5.75 Å². The Balaban J connectivity index is 2.11. The smallest absolute Gasteiger partial charge is 0.293 e. The molecule has 0 amide bonds. The van der Waals surface area contributed by atoms with Crippen molar-refractivity contribution in [2.45, 2.75) is 25.4 Å². The minimum atomic E-state index is 0.0790. The van der Waals surface area contributed by atoms with Crippen LogP contribution in [0.2, 0.25) is 0 Å². The molecule has 1 aliphatic carbocycles. The molecule has 1 aromatic rings. The molecule has 3 heteroatoms. The van der Waals surface area contributed by atoms with E-state index in [4.69, 9.17) is 9.47 Å². The van der Waals surface area contributed by atoms with Gasteiger partial charge in [0.2, 0.25) is 0 Å². The van der Waals surface area contributed by atoms with Crippen molar-refractivity contribution in [2.75, 3.05) is 7.11 Å². The van der Waals surface area contributed by atoms with Gasteiger partial charge < -0.3 is 9.47 Å². The van der Waals surface area contributed by atoms with Crippen LogP contribution in [0.15, 0.2) is 18.2 Å². The van der Waals surface area contributed by atoms with Crippen molar-refractivity contribution >= 4 is 6.47 Å². The molecule has 2 rings (SSSR count). The number of benzene rings is 1. The summed E-state index contributed by atoms with van der Waals surface area (Å²) in [6, 6.07) is 6.09. The Morgan fingerprint density at radius 3 is 2.87 bits per heavy atom. The van der Waals surface area contributed by atoms with Crippen molar-refractivity contribution in [3.8, 4) is 5.75 Å². The lowest BCUT2D eigenvalue weighted by Crippen LogP contribution is -1.95. The minimum Gasteiger partial charge on any atom is -0.496 e. The predicted octanol–water partition coefficient (Wildman–Crippen LogP) is 2.03. The summed E-state index contributed by atoms with van der Waals surface area (Å²) in [5, 5.41) is 0. The van der Waals surface area contributed by atoms with E-state index in [-0.39, 0.29) is 6.10 Å². The van der Waals surface area contributed by atoms with E-state index in [0.29, 0.717) is 12.4 Å². The van der Waals surface area contributed by atoms with E-state index in [2.05, 4.69) is 6.07 Å². The number of hydrogen-bond donors (Lipinski definition) is 0. The fourth-order valence-corrected chi connectivity index (χ4v) is 1.88. The number of aryl methyl sites for hydroxylation is 1. The maximum absolute atomic E-state index is 10.2. The third kappa shape index (κ3) is 1.96. The minimum absolute atomic E-state index is 0.0790. The summed E-state index contributed by atoms with van der Waals surface area (Å²) in [5.74, 6) is 1.27. The van der Waals surface area contributed by atoms with Gasteiger partial charge in [-0.05, 0) is 30.5 Å². The van der Waals surface area contributed by atoms with Crippen LogP contribution in [0.1, 0.15) is 23.5 Å². The van der Waals surface area contributed by atoms with E-state index in [9.17, 15) is 4.79 Å². The average molecular weight is 206 g/mol. The zero-order chi connectivity index (χ0) is 10.8. The number of methoxy groups -OCH3 is 1. The molecule has 1 aliphatic rings. The van der Waals surface area contributed by atoms with E-state index < -0.39 is 0 Å². The summed E-state index contributed by atoms with van der Waals surface area (Å²) >= 11 is 0. The summed E-state index contributed by atoms with van der Waals surface area (Å²) in [6.07, 6.45) is 1.01. The van der Waals surface area contributed by atoms with Gasteiger partial charge >= 0.3 is 0 Å². The van der Waals surface area contributed by atoms with Crippen LogP contribution in [0.3, 0.4) is 0 Å². The molecule has 0 spiro atoms. The first-order valence-corrected chi connectivity index (χ1v) is 5.00. The van der Waals surface area contributed by atoms with Gasteiger partial charge in [0.15, 0.2) is 0 Å². The Morgan fingerprint density at radius 2 is 2.27 bits per heavy atom. The Bertz CT molecular complexity index is 373. The Morgan fingerprint density at radius 1 is 1.47 bits per heavy atom.